The summed E-state index contributed by atoms with van der Waals surface area (Å²) >= 11 is 1.38. The molecule has 2 aromatic rings. The summed E-state index contributed by atoms with van der Waals surface area (Å²) in [4.78, 5) is 11.9. The van der Waals surface area contributed by atoms with Crippen LogP contribution < -0.4 is 5.32 Å². The monoisotopic (exact) mass is 307 g/mol. The van der Waals surface area contributed by atoms with Crippen molar-refractivity contribution >= 4 is 23.0 Å². The second-order valence-electron chi connectivity index (χ2n) is 3.53. The molecule has 1 N–H and O–H groups in total. The third-order valence-corrected chi connectivity index (χ3v) is 3.24. The van der Waals surface area contributed by atoms with E-state index in [2.05, 4.69) is 22.2 Å². The van der Waals surface area contributed by atoms with Gasteiger partial charge in [0.1, 0.15) is 4.88 Å². The van der Waals surface area contributed by atoms with Crippen molar-refractivity contribution in [2.75, 3.05) is 12.4 Å². The second-order valence-corrected chi connectivity index (χ2v) is 4.44. The molecule has 0 bridgehead atoms. The highest BCUT2D eigenvalue weighted by atomic mass is 32.1. The minimum Gasteiger partial charge on any atom is -0.465 e. The molecule has 0 saturated carbocycles. The summed E-state index contributed by atoms with van der Waals surface area (Å²) in [5.41, 5.74) is 2.15. The van der Waals surface area contributed by atoms with Crippen LogP contribution >= 0.6 is 11.3 Å². The molecule has 4 heteroatoms. The summed E-state index contributed by atoms with van der Waals surface area (Å²) in [6.07, 6.45) is 0. The first-order valence-electron chi connectivity index (χ1n) is 7.24. The van der Waals surface area contributed by atoms with Crippen LogP contribution in [0.4, 0.5) is 5.69 Å². The summed E-state index contributed by atoms with van der Waals surface area (Å²) in [6.45, 7) is 8.75. The molecular formula is C17H25NO2S. The van der Waals surface area contributed by atoms with Crippen LogP contribution in [0.1, 0.15) is 42.9 Å². The van der Waals surface area contributed by atoms with Crippen LogP contribution in [0.2, 0.25) is 0 Å². The van der Waals surface area contributed by atoms with Crippen molar-refractivity contribution in [3.05, 3.63) is 52.2 Å². The van der Waals surface area contributed by atoms with Crippen molar-refractivity contribution in [2.45, 2.75) is 34.2 Å². The lowest BCUT2D eigenvalue weighted by molar-refractivity contribution is 0.0606. The summed E-state index contributed by atoms with van der Waals surface area (Å²) in [7, 11) is 1.39. The quantitative estimate of drug-likeness (QED) is 0.789. The van der Waals surface area contributed by atoms with Gasteiger partial charge in [-0.05, 0) is 11.6 Å². The molecule has 0 fully saturated rings. The minimum atomic E-state index is -0.289. The number of thiophene rings is 1. The number of carbonyl (C=O) groups excluding carboxylic acids is 1. The number of nitrogens with one attached hydrogen (secondary N) is 1. The van der Waals surface area contributed by atoms with E-state index in [1.165, 1.54) is 24.0 Å². The largest absolute Gasteiger partial charge is 0.465 e. The highest BCUT2D eigenvalue weighted by Gasteiger charge is 2.08. The number of rotatable bonds is 4. The minimum absolute atomic E-state index is 0.289. The van der Waals surface area contributed by atoms with Gasteiger partial charge in [-0.3, -0.25) is 0 Å². The Morgan fingerprint density at radius 2 is 1.76 bits per heavy atom. The van der Waals surface area contributed by atoms with Gasteiger partial charge in [0, 0.05) is 17.6 Å². The Hall–Kier alpha value is -1.81. The number of ether oxygens (including phenoxy) is 1. The van der Waals surface area contributed by atoms with Gasteiger partial charge in [0.2, 0.25) is 0 Å². The number of benzene rings is 1. The number of hydrogen-bond donors (Lipinski definition) is 1. The van der Waals surface area contributed by atoms with Gasteiger partial charge in [-0.25, -0.2) is 4.79 Å². The standard InChI is InChI=1S/C13H13NO2S.2C2H6/c1-16-13(15)12-7-11(9-17-12)14-8-10-5-3-2-4-6-10;2*1-2/h2-7,9,14H,8H2,1H3;2*1-2H3. The van der Waals surface area contributed by atoms with Gasteiger partial charge in [-0.15, -0.1) is 11.3 Å². The van der Waals surface area contributed by atoms with Crippen molar-refractivity contribution in [3.8, 4) is 0 Å². The second kappa shape index (κ2) is 12.0. The Balaban J connectivity index is 0.000000921. The zero-order chi connectivity index (χ0) is 16.1. The van der Waals surface area contributed by atoms with E-state index >= 15 is 0 Å². The van der Waals surface area contributed by atoms with Crippen LogP contribution in [0.3, 0.4) is 0 Å². The molecule has 2 rings (SSSR count). The highest BCUT2D eigenvalue weighted by molar-refractivity contribution is 7.12. The van der Waals surface area contributed by atoms with Crippen LogP contribution in [0, 0.1) is 0 Å². The molecule has 0 spiro atoms. The maximum Gasteiger partial charge on any atom is 0.348 e. The predicted molar refractivity (Wildman–Crippen MR) is 92.1 cm³/mol. The fourth-order valence-corrected chi connectivity index (χ4v) is 2.22. The van der Waals surface area contributed by atoms with Gasteiger partial charge in [-0.1, -0.05) is 58.0 Å². The lowest BCUT2D eigenvalue weighted by Crippen LogP contribution is -1.99. The average Bonchev–Trinajstić information content (AvgIpc) is 3.06. The first-order chi connectivity index (χ1) is 10.3. The first kappa shape index (κ1) is 19.2. The third kappa shape index (κ3) is 6.95. The third-order valence-electron chi connectivity index (χ3n) is 2.33. The smallest absolute Gasteiger partial charge is 0.348 e. The molecule has 0 atom stereocenters. The van der Waals surface area contributed by atoms with Crippen LogP contribution in [0.25, 0.3) is 0 Å². The number of methoxy groups -OCH3 is 1. The zero-order valence-corrected chi connectivity index (χ0v) is 14.3. The SMILES string of the molecule is CC.CC.COC(=O)c1cc(NCc2ccccc2)cs1. The van der Waals surface area contributed by atoms with E-state index in [-0.39, 0.29) is 5.97 Å². The maximum absolute atomic E-state index is 11.3. The Morgan fingerprint density at radius 3 is 2.33 bits per heavy atom. The highest BCUT2D eigenvalue weighted by Crippen LogP contribution is 2.20. The molecule has 1 aromatic carbocycles. The molecule has 116 valence electrons. The Morgan fingerprint density at radius 1 is 1.14 bits per heavy atom. The van der Waals surface area contributed by atoms with Gasteiger partial charge in [0.25, 0.3) is 0 Å². The maximum atomic E-state index is 11.3. The number of hydrogen-bond acceptors (Lipinski definition) is 4. The van der Waals surface area contributed by atoms with Crippen molar-refractivity contribution in [1.82, 2.24) is 0 Å². The molecule has 0 radical (unpaired) electrons. The number of esters is 1. The van der Waals surface area contributed by atoms with Gasteiger partial charge in [0.15, 0.2) is 0 Å². The van der Waals surface area contributed by atoms with Crippen molar-refractivity contribution in [2.24, 2.45) is 0 Å². The van der Waals surface area contributed by atoms with E-state index in [9.17, 15) is 4.79 Å². The van der Waals surface area contributed by atoms with Crippen LogP contribution in [0.5, 0.6) is 0 Å². The van der Waals surface area contributed by atoms with Gasteiger partial charge >= 0.3 is 5.97 Å². The van der Waals surface area contributed by atoms with E-state index in [0.29, 0.717) is 4.88 Å². The average molecular weight is 307 g/mol. The molecule has 0 amide bonds. The molecule has 0 unspecified atom stereocenters. The number of carbonyl (C=O) groups is 1. The van der Waals surface area contributed by atoms with E-state index in [1.807, 2.05) is 51.3 Å². The molecule has 3 nitrogen and oxygen atoms in total. The fraction of sp³-hybridized carbons (Fsp3) is 0.353. The van der Waals surface area contributed by atoms with Gasteiger partial charge < -0.3 is 10.1 Å². The summed E-state index contributed by atoms with van der Waals surface area (Å²) < 4.78 is 4.66. The van der Waals surface area contributed by atoms with E-state index < -0.39 is 0 Å². The molecule has 0 saturated heterocycles. The van der Waals surface area contributed by atoms with Crippen molar-refractivity contribution < 1.29 is 9.53 Å². The summed E-state index contributed by atoms with van der Waals surface area (Å²) in [5.74, 6) is -0.289. The number of anilines is 1. The molecule has 0 aliphatic carbocycles. The molecule has 0 aliphatic heterocycles. The van der Waals surface area contributed by atoms with Crippen molar-refractivity contribution in [1.29, 1.82) is 0 Å². The van der Waals surface area contributed by atoms with E-state index in [1.54, 1.807) is 6.07 Å². The van der Waals surface area contributed by atoms with Gasteiger partial charge in [0.05, 0.1) is 7.11 Å². The Labute approximate surface area is 132 Å². The van der Waals surface area contributed by atoms with Crippen molar-refractivity contribution in [3.63, 3.8) is 0 Å². The first-order valence-corrected chi connectivity index (χ1v) is 8.12. The molecular weight excluding hydrogens is 282 g/mol. The lowest BCUT2D eigenvalue weighted by Gasteiger charge is -2.03. The molecule has 1 aromatic heterocycles. The zero-order valence-electron chi connectivity index (χ0n) is 13.5. The van der Waals surface area contributed by atoms with E-state index in [0.717, 1.165) is 12.2 Å². The lowest BCUT2D eigenvalue weighted by atomic mass is 10.2. The fourth-order valence-electron chi connectivity index (χ4n) is 1.44. The van der Waals surface area contributed by atoms with Crippen LogP contribution in [-0.4, -0.2) is 13.1 Å². The molecule has 21 heavy (non-hydrogen) atoms. The topological polar surface area (TPSA) is 38.3 Å². The van der Waals surface area contributed by atoms with E-state index in [4.69, 9.17) is 0 Å². The molecule has 0 aliphatic rings. The van der Waals surface area contributed by atoms with Crippen LogP contribution in [-0.2, 0) is 11.3 Å². The Bertz CT molecular complexity index is 495. The Kier molecular flexibility index (Phi) is 10.9. The summed E-state index contributed by atoms with van der Waals surface area (Å²) in [6, 6.07) is 11.9. The predicted octanol–water partition coefficient (Wildman–Crippen LogP) is 5.20. The van der Waals surface area contributed by atoms with Crippen LogP contribution in [0.15, 0.2) is 41.8 Å². The summed E-state index contributed by atoms with van der Waals surface area (Å²) in [5, 5.41) is 5.17. The normalized spacial score (nSPS) is 8.62. The van der Waals surface area contributed by atoms with Gasteiger partial charge in [-0.2, -0.15) is 0 Å². The molecule has 1 heterocycles.